The summed E-state index contributed by atoms with van der Waals surface area (Å²) in [5.74, 6) is 1.63. The zero-order chi connectivity index (χ0) is 20.1. The molecule has 1 heterocycles. The lowest BCUT2D eigenvalue weighted by Gasteiger charge is -2.48. The molecular formula is C27H42NP. The molecule has 0 amide bonds. The third-order valence-electron chi connectivity index (χ3n) is 10.2. The van der Waals surface area contributed by atoms with Gasteiger partial charge in [-0.2, -0.15) is 0 Å². The van der Waals surface area contributed by atoms with E-state index in [4.69, 9.17) is 4.98 Å². The molecule has 1 aromatic heterocycles. The average molecular weight is 412 g/mol. The van der Waals surface area contributed by atoms with Crippen molar-refractivity contribution >= 4 is 7.92 Å². The molecule has 4 aliphatic carbocycles. The Kier molecular flexibility index (Phi) is 5.60. The summed E-state index contributed by atoms with van der Waals surface area (Å²) in [5.41, 5.74) is 5.37. The topological polar surface area (TPSA) is 12.9 Å². The van der Waals surface area contributed by atoms with Crippen molar-refractivity contribution in [2.75, 3.05) is 0 Å². The van der Waals surface area contributed by atoms with Crippen LogP contribution in [0, 0.1) is 16.7 Å². The first kappa shape index (κ1) is 20.5. The number of pyridine rings is 1. The van der Waals surface area contributed by atoms with Crippen molar-refractivity contribution in [3.8, 4) is 0 Å². The summed E-state index contributed by atoms with van der Waals surface area (Å²) in [5, 5.41) is 0. The number of nitrogens with zero attached hydrogens (tertiary/aromatic N) is 1. The number of hydrogen-bond acceptors (Lipinski definition) is 1. The van der Waals surface area contributed by atoms with Crippen molar-refractivity contribution in [2.45, 2.75) is 121 Å². The minimum absolute atomic E-state index is 0.0940. The third kappa shape index (κ3) is 3.24. The van der Waals surface area contributed by atoms with E-state index < -0.39 is 0 Å². The molecule has 1 aromatic rings. The van der Waals surface area contributed by atoms with Gasteiger partial charge >= 0.3 is 0 Å². The minimum Gasteiger partial charge on any atom is -0.261 e. The summed E-state index contributed by atoms with van der Waals surface area (Å²) in [6.07, 6.45) is 20.1. The van der Waals surface area contributed by atoms with Crippen molar-refractivity contribution in [3.63, 3.8) is 0 Å². The summed E-state index contributed by atoms with van der Waals surface area (Å²) in [4.78, 5) is 5.02. The average Bonchev–Trinajstić information content (AvgIpc) is 3.08. The normalized spacial score (nSPS) is 38.0. The van der Waals surface area contributed by atoms with Crippen LogP contribution in [0.4, 0.5) is 0 Å². The van der Waals surface area contributed by atoms with Gasteiger partial charge in [0, 0.05) is 17.8 Å². The van der Waals surface area contributed by atoms with E-state index in [-0.39, 0.29) is 7.92 Å². The van der Waals surface area contributed by atoms with E-state index in [9.17, 15) is 0 Å². The lowest BCUT2D eigenvalue weighted by molar-refractivity contribution is 0.133. The highest BCUT2D eigenvalue weighted by molar-refractivity contribution is 7.60. The van der Waals surface area contributed by atoms with Gasteiger partial charge < -0.3 is 0 Å². The van der Waals surface area contributed by atoms with E-state index in [1.165, 1.54) is 82.7 Å². The highest BCUT2D eigenvalue weighted by Gasteiger charge is 2.68. The standard InChI is InChI=1S/C27H42NP/c1-26(2)22-17-18-27(26,3)24(23-16-10-11-19-28-23)25(22)29(20-12-6-4-7-13-20)21-14-8-5-9-15-21/h10-11,16,19-22,24-25H,4-9,12-15,17-18H2,1-3H3/t22-,24-,25+,27+/m1/s1. The Balaban J connectivity index is 1.59. The van der Waals surface area contributed by atoms with Crippen molar-refractivity contribution in [1.29, 1.82) is 0 Å². The molecule has 29 heavy (non-hydrogen) atoms. The zero-order valence-electron chi connectivity index (χ0n) is 19.1. The molecule has 5 rings (SSSR count). The molecule has 4 fully saturated rings. The summed E-state index contributed by atoms with van der Waals surface area (Å²) in [6.45, 7) is 7.92. The van der Waals surface area contributed by atoms with E-state index in [2.05, 4.69) is 45.2 Å². The van der Waals surface area contributed by atoms with Crippen LogP contribution < -0.4 is 0 Å². The van der Waals surface area contributed by atoms with Crippen LogP contribution in [-0.4, -0.2) is 22.0 Å². The van der Waals surface area contributed by atoms with Crippen LogP contribution in [-0.2, 0) is 0 Å². The second kappa shape index (κ2) is 7.93. The first-order valence-corrected chi connectivity index (χ1v) is 14.3. The first-order valence-electron chi connectivity index (χ1n) is 12.7. The fraction of sp³-hybridized carbons (Fsp3) is 0.815. The van der Waals surface area contributed by atoms with Gasteiger partial charge in [0.25, 0.3) is 0 Å². The van der Waals surface area contributed by atoms with Crippen LogP contribution in [0.2, 0.25) is 0 Å². The molecule has 0 spiro atoms. The van der Waals surface area contributed by atoms with Gasteiger partial charge in [-0.15, -0.1) is 0 Å². The summed E-state index contributed by atoms with van der Waals surface area (Å²) in [6, 6.07) is 6.75. The molecule has 0 aliphatic heterocycles. The number of rotatable bonds is 4. The number of aromatic nitrogens is 1. The number of hydrogen-bond donors (Lipinski definition) is 0. The maximum atomic E-state index is 5.02. The molecule has 1 nitrogen and oxygen atoms in total. The molecule has 2 bridgehead atoms. The Bertz CT molecular complexity index is 670. The van der Waals surface area contributed by atoms with Gasteiger partial charge in [-0.25, -0.2) is 0 Å². The van der Waals surface area contributed by atoms with Gasteiger partial charge in [-0.1, -0.05) is 73.3 Å². The van der Waals surface area contributed by atoms with Crippen molar-refractivity contribution < 1.29 is 0 Å². The van der Waals surface area contributed by atoms with Crippen molar-refractivity contribution in [2.24, 2.45) is 16.7 Å². The molecule has 0 N–H and O–H groups in total. The Hall–Kier alpha value is -0.420. The quantitative estimate of drug-likeness (QED) is 0.456. The molecule has 4 aliphatic rings. The van der Waals surface area contributed by atoms with E-state index in [0.717, 1.165) is 22.9 Å². The van der Waals surface area contributed by atoms with E-state index >= 15 is 0 Å². The molecular weight excluding hydrogens is 369 g/mol. The van der Waals surface area contributed by atoms with E-state index in [1.54, 1.807) is 0 Å². The summed E-state index contributed by atoms with van der Waals surface area (Å²) < 4.78 is 0. The van der Waals surface area contributed by atoms with Gasteiger partial charge in [0.15, 0.2) is 0 Å². The van der Waals surface area contributed by atoms with Crippen molar-refractivity contribution in [1.82, 2.24) is 4.98 Å². The fourth-order valence-electron chi connectivity index (χ4n) is 8.31. The molecule has 2 heteroatoms. The van der Waals surface area contributed by atoms with Gasteiger partial charge in [-0.05, 0) is 84.4 Å². The van der Waals surface area contributed by atoms with Crippen molar-refractivity contribution in [3.05, 3.63) is 30.1 Å². The Morgan fingerprint density at radius 2 is 1.45 bits per heavy atom. The van der Waals surface area contributed by atoms with Gasteiger partial charge in [0.2, 0.25) is 0 Å². The second-order valence-electron chi connectivity index (χ2n) is 11.5. The Morgan fingerprint density at radius 1 is 0.828 bits per heavy atom. The fourth-order valence-corrected chi connectivity index (χ4v) is 13.6. The third-order valence-corrected chi connectivity index (χ3v) is 14.2. The van der Waals surface area contributed by atoms with Crippen LogP contribution in [0.15, 0.2) is 24.4 Å². The van der Waals surface area contributed by atoms with Gasteiger partial charge in [-0.3, -0.25) is 4.98 Å². The van der Waals surface area contributed by atoms with Crippen LogP contribution in [0.25, 0.3) is 0 Å². The van der Waals surface area contributed by atoms with Crippen LogP contribution >= 0.6 is 7.92 Å². The number of fused-ring (bicyclic) bond motifs is 2. The highest BCUT2D eigenvalue weighted by Crippen LogP contribution is 2.79. The summed E-state index contributed by atoms with van der Waals surface area (Å²) in [7, 11) is 0.0940. The highest BCUT2D eigenvalue weighted by atomic mass is 31.1. The van der Waals surface area contributed by atoms with E-state index in [1.807, 2.05) is 0 Å². The van der Waals surface area contributed by atoms with Gasteiger partial charge in [0.1, 0.15) is 0 Å². The van der Waals surface area contributed by atoms with Crippen LogP contribution in [0.5, 0.6) is 0 Å². The maximum Gasteiger partial charge on any atom is 0.0446 e. The minimum atomic E-state index is 0.0940. The summed E-state index contributed by atoms with van der Waals surface area (Å²) >= 11 is 0. The monoisotopic (exact) mass is 411 g/mol. The van der Waals surface area contributed by atoms with Crippen LogP contribution in [0.3, 0.4) is 0 Å². The first-order chi connectivity index (χ1) is 14.0. The van der Waals surface area contributed by atoms with E-state index in [0.29, 0.717) is 16.7 Å². The SMILES string of the molecule is CC1(C)[C@@H]2CC[C@@]1(C)[C@H](c1ccccn1)[C@H]2P(C1CCCCC1)C1CCCCC1. The predicted molar refractivity (Wildman–Crippen MR) is 126 cm³/mol. The molecule has 4 saturated carbocycles. The molecule has 0 aromatic carbocycles. The van der Waals surface area contributed by atoms with Crippen LogP contribution in [0.1, 0.15) is 109 Å². The molecule has 0 saturated heterocycles. The van der Waals surface area contributed by atoms with Gasteiger partial charge in [0.05, 0.1) is 0 Å². The predicted octanol–water partition coefficient (Wildman–Crippen LogP) is 8.14. The molecule has 0 unspecified atom stereocenters. The largest absolute Gasteiger partial charge is 0.261 e. The maximum absolute atomic E-state index is 5.02. The lowest BCUT2D eigenvalue weighted by Crippen LogP contribution is -2.36. The molecule has 0 radical (unpaired) electrons. The molecule has 160 valence electrons. The smallest absolute Gasteiger partial charge is 0.0446 e. The Labute approximate surface area is 180 Å². The second-order valence-corrected chi connectivity index (χ2v) is 14.5. The molecule has 4 atom stereocenters. The lowest BCUT2D eigenvalue weighted by atomic mass is 9.66. The zero-order valence-corrected chi connectivity index (χ0v) is 20.0. The Morgan fingerprint density at radius 3 is 2.00 bits per heavy atom.